The molecule has 19 heavy (non-hydrogen) atoms. The molecule has 0 atom stereocenters. The van der Waals surface area contributed by atoms with E-state index in [-0.39, 0.29) is 6.61 Å². The molecule has 104 valence electrons. The Kier molecular flexibility index (Phi) is 4.61. The zero-order valence-electron chi connectivity index (χ0n) is 11.9. The number of benzene rings is 1. The summed E-state index contributed by atoms with van der Waals surface area (Å²) in [6.07, 6.45) is 4.99. The molecule has 0 spiro atoms. The van der Waals surface area contributed by atoms with E-state index in [1.807, 2.05) is 0 Å². The molecule has 2 aromatic rings. The van der Waals surface area contributed by atoms with Crippen LogP contribution in [-0.4, -0.2) is 22.8 Å². The van der Waals surface area contributed by atoms with Crippen LogP contribution in [0.4, 0.5) is 0 Å². The fourth-order valence-corrected chi connectivity index (χ4v) is 2.82. The van der Waals surface area contributed by atoms with Crippen LogP contribution >= 0.6 is 0 Å². The number of rotatable bonds is 6. The minimum Gasteiger partial charge on any atom is -0.396 e. The zero-order valence-corrected chi connectivity index (χ0v) is 11.9. The number of hydrogen-bond donors (Lipinski definition) is 2. The lowest BCUT2D eigenvalue weighted by Crippen LogP contribution is -2.04. The lowest BCUT2D eigenvalue weighted by atomic mass is 10.0. The van der Waals surface area contributed by atoms with Gasteiger partial charge >= 0.3 is 0 Å². The first kappa shape index (κ1) is 14.1. The quantitative estimate of drug-likeness (QED) is 0.838. The summed E-state index contributed by atoms with van der Waals surface area (Å²) in [5, 5.41) is 10.4. The molecule has 2 rings (SSSR count). The van der Waals surface area contributed by atoms with Crippen LogP contribution in [0.2, 0.25) is 0 Å². The summed E-state index contributed by atoms with van der Waals surface area (Å²) in [5.41, 5.74) is 10.9. The fourth-order valence-electron chi connectivity index (χ4n) is 2.82. The van der Waals surface area contributed by atoms with Crippen LogP contribution in [0.1, 0.15) is 29.5 Å². The van der Waals surface area contributed by atoms with Gasteiger partial charge in [-0.1, -0.05) is 6.07 Å². The molecule has 3 N–H and O–H groups in total. The molecule has 3 heteroatoms. The highest BCUT2D eigenvalue weighted by atomic mass is 16.2. The summed E-state index contributed by atoms with van der Waals surface area (Å²) in [7, 11) is 0. The Balaban J connectivity index is 2.49. The van der Waals surface area contributed by atoms with Crippen molar-refractivity contribution in [3.63, 3.8) is 0 Å². The maximum Gasteiger partial charge on any atom is 0.0488 e. The van der Waals surface area contributed by atoms with Gasteiger partial charge in [0.15, 0.2) is 0 Å². The Morgan fingerprint density at radius 1 is 1.21 bits per heavy atom. The van der Waals surface area contributed by atoms with E-state index in [1.165, 1.54) is 27.6 Å². The average molecular weight is 260 g/mol. The minimum atomic E-state index is 0.250. The lowest BCUT2D eigenvalue weighted by molar-refractivity contribution is 0.288. The highest BCUT2D eigenvalue weighted by Crippen LogP contribution is 2.27. The second-order valence-corrected chi connectivity index (χ2v) is 5.29. The Bertz CT molecular complexity index is 557. The largest absolute Gasteiger partial charge is 0.396 e. The maximum atomic E-state index is 9.04. The molecule has 1 aromatic heterocycles. The molecule has 0 saturated carbocycles. The Hall–Kier alpha value is -1.32. The highest BCUT2D eigenvalue weighted by molar-refractivity contribution is 5.88. The number of nitrogens with two attached hydrogens (primary N) is 1. The first-order valence-electron chi connectivity index (χ1n) is 7.07. The van der Waals surface area contributed by atoms with Crippen molar-refractivity contribution in [1.29, 1.82) is 0 Å². The lowest BCUT2D eigenvalue weighted by Gasteiger charge is -2.06. The molecule has 0 saturated heterocycles. The third-order valence-electron chi connectivity index (χ3n) is 3.61. The molecule has 0 aliphatic rings. The van der Waals surface area contributed by atoms with Crippen molar-refractivity contribution in [2.75, 3.05) is 13.2 Å². The summed E-state index contributed by atoms with van der Waals surface area (Å²) >= 11 is 0. The molecular weight excluding hydrogens is 236 g/mol. The van der Waals surface area contributed by atoms with Crippen LogP contribution in [0.3, 0.4) is 0 Å². The van der Waals surface area contributed by atoms with Crippen LogP contribution in [-0.2, 0) is 13.0 Å². The molecule has 3 nitrogen and oxygen atoms in total. The van der Waals surface area contributed by atoms with Crippen LogP contribution in [0.15, 0.2) is 18.3 Å². The molecule has 0 radical (unpaired) electrons. The smallest absolute Gasteiger partial charge is 0.0488 e. The van der Waals surface area contributed by atoms with Gasteiger partial charge in [-0.05, 0) is 62.4 Å². The fraction of sp³-hybridized carbons (Fsp3) is 0.500. The van der Waals surface area contributed by atoms with Gasteiger partial charge in [0.2, 0.25) is 0 Å². The van der Waals surface area contributed by atoms with Gasteiger partial charge in [0.25, 0.3) is 0 Å². The molecule has 0 amide bonds. The van der Waals surface area contributed by atoms with E-state index in [0.717, 1.165) is 32.4 Å². The van der Waals surface area contributed by atoms with E-state index in [2.05, 4.69) is 36.7 Å². The second-order valence-electron chi connectivity index (χ2n) is 5.29. The third-order valence-corrected chi connectivity index (χ3v) is 3.61. The van der Waals surface area contributed by atoms with E-state index in [9.17, 15) is 0 Å². The van der Waals surface area contributed by atoms with E-state index in [0.29, 0.717) is 0 Å². The summed E-state index contributed by atoms with van der Waals surface area (Å²) < 4.78 is 2.31. The average Bonchev–Trinajstić information content (AvgIpc) is 2.72. The van der Waals surface area contributed by atoms with Crippen molar-refractivity contribution in [2.45, 2.75) is 39.7 Å². The van der Waals surface area contributed by atoms with Gasteiger partial charge in [0.05, 0.1) is 0 Å². The molecule has 0 aliphatic carbocycles. The van der Waals surface area contributed by atoms with Crippen LogP contribution < -0.4 is 5.73 Å². The Morgan fingerprint density at radius 2 is 2.00 bits per heavy atom. The molecule has 0 aliphatic heterocycles. The van der Waals surface area contributed by atoms with E-state index < -0.39 is 0 Å². The third kappa shape index (κ3) is 2.99. The number of fused-ring (bicyclic) bond motifs is 1. The van der Waals surface area contributed by atoms with Crippen molar-refractivity contribution >= 4 is 10.9 Å². The molecular formula is C16H24N2O. The highest BCUT2D eigenvalue weighted by Gasteiger charge is 2.11. The summed E-state index contributed by atoms with van der Waals surface area (Å²) in [4.78, 5) is 0. The number of nitrogens with zero attached hydrogens (tertiary/aromatic N) is 1. The van der Waals surface area contributed by atoms with Gasteiger partial charge in [-0.2, -0.15) is 0 Å². The monoisotopic (exact) mass is 260 g/mol. The zero-order chi connectivity index (χ0) is 13.8. The van der Waals surface area contributed by atoms with Crippen LogP contribution in [0, 0.1) is 13.8 Å². The summed E-state index contributed by atoms with van der Waals surface area (Å²) in [6.45, 7) is 6.25. The molecule has 1 heterocycles. The van der Waals surface area contributed by atoms with Gasteiger partial charge in [-0.15, -0.1) is 0 Å². The predicted molar refractivity (Wildman–Crippen MR) is 80.5 cm³/mol. The second kappa shape index (κ2) is 6.22. The van der Waals surface area contributed by atoms with Crippen molar-refractivity contribution in [1.82, 2.24) is 4.57 Å². The van der Waals surface area contributed by atoms with Crippen LogP contribution in [0.25, 0.3) is 10.9 Å². The molecule has 1 aromatic carbocycles. The first-order valence-corrected chi connectivity index (χ1v) is 7.07. The summed E-state index contributed by atoms with van der Waals surface area (Å²) in [5.74, 6) is 0. The van der Waals surface area contributed by atoms with Gasteiger partial charge < -0.3 is 15.4 Å². The standard InChI is InChI=1S/C16H24N2O/c1-12-9-13(2)16-14(5-3-8-19)11-18(7-4-6-17)15(16)10-12/h9-11,19H,3-8,17H2,1-2H3. The van der Waals surface area contributed by atoms with Crippen LogP contribution in [0.5, 0.6) is 0 Å². The predicted octanol–water partition coefficient (Wildman–Crippen LogP) is 2.53. The maximum absolute atomic E-state index is 9.04. The van der Waals surface area contributed by atoms with E-state index in [1.54, 1.807) is 0 Å². The molecule has 0 unspecified atom stereocenters. The number of aromatic nitrogens is 1. The van der Waals surface area contributed by atoms with Crippen molar-refractivity contribution in [3.8, 4) is 0 Å². The normalized spacial score (nSPS) is 11.4. The van der Waals surface area contributed by atoms with Gasteiger partial charge in [0.1, 0.15) is 0 Å². The molecule has 0 fully saturated rings. The number of hydrogen-bond acceptors (Lipinski definition) is 2. The Labute approximate surface area is 115 Å². The van der Waals surface area contributed by atoms with Crippen molar-refractivity contribution in [2.24, 2.45) is 5.73 Å². The van der Waals surface area contributed by atoms with Gasteiger partial charge in [0, 0.05) is 30.3 Å². The van der Waals surface area contributed by atoms with Crippen molar-refractivity contribution in [3.05, 3.63) is 35.0 Å². The number of aryl methyl sites for hydroxylation is 4. The Morgan fingerprint density at radius 3 is 2.68 bits per heavy atom. The number of aliphatic hydroxyl groups excluding tert-OH is 1. The summed E-state index contributed by atoms with van der Waals surface area (Å²) in [6, 6.07) is 4.49. The van der Waals surface area contributed by atoms with E-state index >= 15 is 0 Å². The number of aliphatic hydroxyl groups is 1. The van der Waals surface area contributed by atoms with E-state index in [4.69, 9.17) is 10.8 Å². The first-order chi connectivity index (χ1) is 9.17. The molecule has 0 bridgehead atoms. The topological polar surface area (TPSA) is 51.2 Å². The SMILES string of the molecule is Cc1cc(C)c2c(CCCO)cn(CCCN)c2c1. The van der Waals surface area contributed by atoms with Gasteiger partial charge in [-0.3, -0.25) is 0 Å². The van der Waals surface area contributed by atoms with Gasteiger partial charge in [-0.25, -0.2) is 0 Å². The van der Waals surface area contributed by atoms with Crippen molar-refractivity contribution < 1.29 is 5.11 Å². The minimum absolute atomic E-state index is 0.250.